The number of rotatable bonds is 10. The van der Waals surface area contributed by atoms with Crippen molar-refractivity contribution in [1.29, 1.82) is 0 Å². The first-order chi connectivity index (χ1) is 12.6. The van der Waals surface area contributed by atoms with Crippen LogP contribution in [0.15, 0.2) is 54.6 Å². The fourth-order valence-electron chi connectivity index (χ4n) is 3.21. The highest BCUT2D eigenvalue weighted by Gasteiger charge is 2.25. The monoisotopic (exact) mass is 374 g/mol. The average molecular weight is 375 g/mol. The van der Waals surface area contributed by atoms with Gasteiger partial charge < -0.3 is 10.2 Å². The van der Waals surface area contributed by atoms with Crippen LogP contribution in [-0.4, -0.2) is 33.8 Å². The molecule has 0 aliphatic carbocycles. The fraction of sp³-hybridized carbons (Fsp3) is 0.500. The van der Waals surface area contributed by atoms with Crippen LogP contribution in [0.1, 0.15) is 44.1 Å². The first kappa shape index (κ1) is 20.8. The van der Waals surface area contributed by atoms with Crippen molar-refractivity contribution in [3.63, 3.8) is 0 Å². The molecule has 0 radical (unpaired) electrons. The molecule has 4 heteroatoms. The van der Waals surface area contributed by atoms with E-state index in [4.69, 9.17) is 5.11 Å². The lowest BCUT2D eigenvalue weighted by molar-refractivity contribution is -0.137. The number of carboxylic acid groups (broad SMARTS) is 1. The highest BCUT2D eigenvalue weighted by Crippen LogP contribution is 2.34. The Labute approximate surface area is 161 Å². The van der Waals surface area contributed by atoms with Gasteiger partial charge in [-0.3, -0.25) is 4.79 Å². The Bertz CT molecular complexity index is 597. The predicted octanol–water partition coefficient (Wildman–Crippen LogP) is 4.89. The van der Waals surface area contributed by atoms with Crippen LogP contribution in [0.3, 0.4) is 0 Å². The van der Waals surface area contributed by atoms with Gasteiger partial charge in [0.15, 0.2) is 0 Å². The number of aliphatic hydroxyl groups excluding tert-OH is 1. The highest BCUT2D eigenvalue weighted by atomic mass is 32.2. The summed E-state index contributed by atoms with van der Waals surface area (Å²) < 4.78 is 0. The van der Waals surface area contributed by atoms with E-state index < -0.39 is 12.1 Å². The number of aliphatic hydroxyl groups is 1. The van der Waals surface area contributed by atoms with E-state index in [1.54, 1.807) is 0 Å². The summed E-state index contributed by atoms with van der Waals surface area (Å²) in [6.07, 6.45) is 10.8. The lowest BCUT2D eigenvalue weighted by Gasteiger charge is -2.18. The van der Waals surface area contributed by atoms with Gasteiger partial charge in [0, 0.05) is 12.3 Å². The maximum atomic E-state index is 10.5. The fourth-order valence-corrected chi connectivity index (χ4v) is 4.69. The van der Waals surface area contributed by atoms with Gasteiger partial charge in [-0.05, 0) is 48.2 Å². The number of aliphatic carboxylic acids is 1. The number of hydrogen-bond donors (Lipinski definition) is 2. The zero-order chi connectivity index (χ0) is 18.8. The summed E-state index contributed by atoms with van der Waals surface area (Å²) >= 11 is 1.97. The van der Waals surface area contributed by atoms with Gasteiger partial charge in [0.05, 0.1) is 6.10 Å². The van der Waals surface area contributed by atoms with E-state index >= 15 is 0 Å². The number of benzene rings is 1. The van der Waals surface area contributed by atoms with Gasteiger partial charge in [-0.15, -0.1) is 0 Å². The van der Waals surface area contributed by atoms with Crippen LogP contribution in [-0.2, 0) is 4.79 Å². The molecule has 3 nitrogen and oxygen atoms in total. The van der Waals surface area contributed by atoms with Crippen molar-refractivity contribution < 1.29 is 15.0 Å². The summed E-state index contributed by atoms with van der Waals surface area (Å²) in [5.74, 6) is 2.74. The van der Waals surface area contributed by atoms with E-state index in [9.17, 15) is 9.90 Å². The normalized spacial score (nSPS) is 22.8. The second kappa shape index (κ2) is 11.2. The molecule has 142 valence electrons. The van der Waals surface area contributed by atoms with Gasteiger partial charge >= 0.3 is 5.97 Å². The molecule has 0 amide bonds. The van der Waals surface area contributed by atoms with Gasteiger partial charge in [-0.1, -0.05) is 61.6 Å². The van der Waals surface area contributed by atoms with Crippen molar-refractivity contribution in [3.05, 3.63) is 60.2 Å². The van der Waals surface area contributed by atoms with Gasteiger partial charge in [0.1, 0.15) is 0 Å². The van der Waals surface area contributed by atoms with Crippen LogP contribution in [0.4, 0.5) is 0 Å². The topological polar surface area (TPSA) is 57.5 Å². The number of carbonyl (C=O) groups is 1. The largest absolute Gasteiger partial charge is 0.481 e. The maximum absolute atomic E-state index is 10.5. The Morgan fingerprint density at radius 2 is 2.04 bits per heavy atom. The molecule has 1 aromatic rings. The summed E-state index contributed by atoms with van der Waals surface area (Å²) in [5, 5.41) is 19.1. The molecule has 26 heavy (non-hydrogen) atoms. The minimum Gasteiger partial charge on any atom is -0.481 e. The number of carboxylic acids is 1. The molecular weight excluding hydrogens is 344 g/mol. The quantitative estimate of drug-likeness (QED) is 0.452. The molecule has 0 aromatic heterocycles. The Morgan fingerprint density at radius 3 is 2.77 bits per heavy atom. The molecule has 1 saturated heterocycles. The van der Waals surface area contributed by atoms with Gasteiger partial charge in [-0.25, -0.2) is 0 Å². The third-order valence-electron chi connectivity index (χ3n) is 5.01. The molecule has 1 aliphatic heterocycles. The molecule has 1 heterocycles. The van der Waals surface area contributed by atoms with E-state index in [-0.39, 0.29) is 12.3 Å². The molecule has 1 aromatic carbocycles. The first-order valence-corrected chi connectivity index (χ1v) is 10.6. The van der Waals surface area contributed by atoms with Crippen LogP contribution in [0, 0.1) is 11.8 Å². The Balaban J connectivity index is 1.79. The van der Waals surface area contributed by atoms with Crippen LogP contribution < -0.4 is 0 Å². The van der Waals surface area contributed by atoms with Crippen LogP contribution in [0.2, 0.25) is 0 Å². The molecule has 0 spiro atoms. The molecule has 0 saturated carbocycles. The van der Waals surface area contributed by atoms with Crippen molar-refractivity contribution in [1.82, 2.24) is 0 Å². The van der Waals surface area contributed by atoms with Gasteiger partial charge in [-0.2, -0.15) is 11.8 Å². The summed E-state index contributed by atoms with van der Waals surface area (Å²) in [4.78, 5) is 10.5. The smallest absolute Gasteiger partial charge is 0.303 e. The predicted molar refractivity (Wildman–Crippen MR) is 110 cm³/mol. The van der Waals surface area contributed by atoms with Crippen LogP contribution >= 0.6 is 11.8 Å². The summed E-state index contributed by atoms with van der Waals surface area (Å²) in [7, 11) is 0. The first-order valence-electron chi connectivity index (χ1n) is 9.43. The van der Waals surface area contributed by atoms with Crippen LogP contribution in [0.5, 0.6) is 0 Å². The number of thioether (sulfide) groups is 1. The molecule has 0 bridgehead atoms. The number of hydrogen-bond acceptors (Lipinski definition) is 3. The molecule has 2 N–H and O–H groups in total. The second-order valence-electron chi connectivity index (χ2n) is 7.03. The van der Waals surface area contributed by atoms with Crippen molar-refractivity contribution in [3.8, 4) is 0 Å². The SMILES string of the molecule is CC(c1ccccc1)C(O)/C=C/[C@@H]1CSC[C@@H]1C/C=C\CCCC(=O)O. The van der Waals surface area contributed by atoms with E-state index in [1.807, 2.05) is 36.0 Å². The molecule has 1 fully saturated rings. The number of allylic oxidation sites excluding steroid dienone is 3. The lowest BCUT2D eigenvalue weighted by atomic mass is 9.90. The van der Waals surface area contributed by atoms with Crippen molar-refractivity contribution >= 4 is 17.7 Å². The molecule has 2 unspecified atom stereocenters. The van der Waals surface area contributed by atoms with Crippen molar-refractivity contribution in [2.75, 3.05) is 11.5 Å². The van der Waals surface area contributed by atoms with Gasteiger partial charge in [0.25, 0.3) is 0 Å². The third kappa shape index (κ3) is 7.00. The Hall–Kier alpha value is -1.52. The molecule has 2 rings (SSSR count). The standard InChI is InChI=1S/C22H30O3S/c1-17(18-9-6-4-7-10-18)21(23)14-13-20-16-26-15-19(20)11-5-2-3-8-12-22(24)25/h2,4-7,9-10,13-14,17,19-21,23H,3,8,11-12,15-16H2,1H3,(H,24,25)/b5-2-,14-13+/t17?,19-,20+,21?/m0/s1. The van der Waals surface area contributed by atoms with Crippen molar-refractivity contribution in [2.24, 2.45) is 11.8 Å². The van der Waals surface area contributed by atoms with E-state index in [1.165, 1.54) is 0 Å². The van der Waals surface area contributed by atoms with E-state index in [0.717, 1.165) is 29.9 Å². The lowest BCUT2D eigenvalue weighted by Crippen LogP contribution is -2.15. The molecule has 4 atom stereocenters. The van der Waals surface area contributed by atoms with Gasteiger partial charge in [0.2, 0.25) is 0 Å². The summed E-state index contributed by atoms with van der Waals surface area (Å²) in [6.45, 7) is 2.06. The third-order valence-corrected chi connectivity index (χ3v) is 6.29. The van der Waals surface area contributed by atoms with E-state index in [0.29, 0.717) is 18.3 Å². The Morgan fingerprint density at radius 1 is 1.27 bits per heavy atom. The summed E-state index contributed by atoms with van der Waals surface area (Å²) in [6, 6.07) is 10.1. The zero-order valence-electron chi connectivity index (χ0n) is 15.5. The molecule has 1 aliphatic rings. The van der Waals surface area contributed by atoms with Crippen molar-refractivity contribution in [2.45, 2.75) is 44.6 Å². The maximum Gasteiger partial charge on any atom is 0.303 e. The Kier molecular flexibility index (Phi) is 8.99. The summed E-state index contributed by atoms with van der Waals surface area (Å²) in [5.41, 5.74) is 1.16. The minimum atomic E-state index is -0.723. The minimum absolute atomic E-state index is 0.0917. The zero-order valence-corrected chi connectivity index (χ0v) is 16.3. The van der Waals surface area contributed by atoms with Crippen LogP contribution in [0.25, 0.3) is 0 Å². The molecular formula is C22H30O3S. The highest BCUT2D eigenvalue weighted by molar-refractivity contribution is 7.99. The average Bonchev–Trinajstić information content (AvgIpc) is 3.09. The second-order valence-corrected chi connectivity index (χ2v) is 8.10. The van der Waals surface area contributed by atoms with E-state index in [2.05, 4.69) is 37.3 Å². The number of unbranched alkanes of at least 4 members (excludes halogenated alkanes) is 1.